The summed E-state index contributed by atoms with van der Waals surface area (Å²) in [5, 5.41) is 9.97. The third-order valence-corrected chi connectivity index (χ3v) is 3.84. The van der Waals surface area contributed by atoms with E-state index in [0.29, 0.717) is 18.1 Å². The molecular weight excluding hydrogens is 266 g/mol. The van der Waals surface area contributed by atoms with Gasteiger partial charge >= 0.3 is 0 Å². The van der Waals surface area contributed by atoms with E-state index in [9.17, 15) is 9.90 Å². The molecule has 5 nitrogen and oxygen atoms in total. The summed E-state index contributed by atoms with van der Waals surface area (Å²) in [5.74, 6) is 0.241. The van der Waals surface area contributed by atoms with Crippen LogP contribution in [0.5, 0.6) is 5.75 Å². The predicted molar refractivity (Wildman–Crippen MR) is 81.1 cm³/mol. The normalized spacial score (nSPS) is 16.0. The summed E-state index contributed by atoms with van der Waals surface area (Å²) in [6.45, 7) is 2.51. The zero-order valence-electron chi connectivity index (χ0n) is 11.9. The minimum Gasteiger partial charge on any atom is -0.502 e. The Morgan fingerprint density at radius 3 is 2.57 bits per heavy atom. The minimum absolute atomic E-state index is 0.264. The number of benzene rings is 1. The first-order valence-electron chi connectivity index (χ1n) is 7.34. The van der Waals surface area contributed by atoms with Crippen LogP contribution in [0.1, 0.15) is 25.0 Å². The summed E-state index contributed by atoms with van der Waals surface area (Å²) >= 11 is 0. The summed E-state index contributed by atoms with van der Waals surface area (Å²) in [5.41, 5.74) is 0.824. The topological polar surface area (TPSA) is 69.2 Å². The molecule has 0 spiro atoms. The molecule has 0 atom stereocenters. The molecule has 1 aromatic heterocycles. The van der Waals surface area contributed by atoms with E-state index >= 15 is 0 Å². The quantitative estimate of drug-likeness (QED) is 0.906. The zero-order valence-corrected chi connectivity index (χ0v) is 11.9. The van der Waals surface area contributed by atoms with Crippen molar-refractivity contribution in [1.29, 1.82) is 0 Å². The van der Waals surface area contributed by atoms with Crippen molar-refractivity contribution in [2.75, 3.05) is 13.1 Å². The first-order valence-corrected chi connectivity index (χ1v) is 7.34. The van der Waals surface area contributed by atoms with Gasteiger partial charge in [-0.3, -0.25) is 9.69 Å². The standard InChI is InChI=1S/C16H19N3O2/c20-14-13(11-19-9-5-2-6-10-19)17-15(18-16(14)21)12-7-3-1-4-8-12/h1,3-4,7-8,20H,2,5-6,9-11H2,(H,17,18,21). The van der Waals surface area contributed by atoms with Crippen LogP contribution in [0.3, 0.4) is 0 Å². The van der Waals surface area contributed by atoms with Crippen LogP contribution in [0.2, 0.25) is 0 Å². The number of aromatic nitrogens is 2. The van der Waals surface area contributed by atoms with Gasteiger partial charge in [-0.25, -0.2) is 4.98 Å². The molecule has 5 heteroatoms. The van der Waals surface area contributed by atoms with E-state index in [1.807, 2.05) is 30.3 Å². The van der Waals surface area contributed by atoms with Crippen LogP contribution in [-0.2, 0) is 6.54 Å². The maximum atomic E-state index is 11.9. The highest BCUT2D eigenvalue weighted by Crippen LogP contribution is 2.19. The lowest BCUT2D eigenvalue weighted by Crippen LogP contribution is -2.30. The van der Waals surface area contributed by atoms with Crippen LogP contribution in [-0.4, -0.2) is 33.1 Å². The van der Waals surface area contributed by atoms with Crippen LogP contribution in [0.25, 0.3) is 11.4 Å². The number of aromatic amines is 1. The highest BCUT2D eigenvalue weighted by Gasteiger charge is 2.16. The molecule has 0 saturated carbocycles. The van der Waals surface area contributed by atoms with Crippen LogP contribution < -0.4 is 5.56 Å². The van der Waals surface area contributed by atoms with E-state index < -0.39 is 5.56 Å². The molecule has 3 rings (SSSR count). The van der Waals surface area contributed by atoms with Crippen molar-refractivity contribution in [3.63, 3.8) is 0 Å². The lowest BCUT2D eigenvalue weighted by molar-refractivity contribution is 0.215. The van der Waals surface area contributed by atoms with E-state index in [1.54, 1.807) is 0 Å². The van der Waals surface area contributed by atoms with Crippen molar-refractivity contribution in [2.24, 2.45) is 0 Å². The van der Waals surface area contributed by atoms with E-state index in [0.717, 1.165) is 31.5 Å². The number of hydrogen-bond donors (Lipinski definition) is 2. The average molecular weight is 285 g/mol. The maximum Gasteiger partial charge on any atom is 0.293 e. The lowest BCUT2D eigenvalue weighted by Gasteiger charge is -2.26. The highest BCUT2D eigenvalue weighted by molar-refractivity contribution is 5.55. The summed E-state index contributed by atoms with van der Waals surface area (Å²) in [4.78, 5) is 21.2. The zero-order chi connectivity index (χ0) is 14.7. The molecule has 0 amide bonds. The van der Waals surface area contributed by atoms with Crippen LogP contribution in [0.4, 0.5) is 0 Å². The second kappa shape index (κ2) is 6.10. The van der Waals surface area contributed by atoms with Crippen LogP contribution >= 0.6 is 0 Å². The molecule has 1 saturated heterocycles. The number of rotatable bonds is 3. The Hall–Kier alpha value is -2.14. The second-order valence-corrected chi connectivity index (χ2v) is 5.41. The number of H-pyrrole nitrogens is 1. The maximum absolute atomic E-state index is 11.9. The van der Waals surface area contributed by atoms with Crippen molar-refractivity contribution in [3.8, 4) is 17.1 Å². The Bertz CT molecular complexity index is 661. The van der Waals surface area contributed by atoms with Gasteiger partial charge < -0.3 is 10.1 Å². The molecule has 2 heterocycles. The van der Waals surface area contributed by atoms with Crippen LogP contribution in [0, 0.1) is 0 Å². The molecule has 1 fully saturated rings. The predicted octanol–water partition coefficient (Wildman–Crippen LogP) is 2.13. The Morgan fingerprint density at radius 1 is 1.14 bits per heavy atom. The number of nitrogens with one attached hydrogen (secondary N) is 1. The number of likely N-dealkylation sites (tertiary alicyclic amines) is 1. The first kappa shape index (κ1) is 13.8. The van der Waals surface area contributed by atoms with Gasteiger partial charge in [0.05, 0.1) is 0 Å². The first-order chi connectivity index (χ1) is 10.2. The molecule has 0 bridgehead atoms. The van der Waals surface area contributed by atoms with Gasteiger partial charge in [-0.1, -0.05) is 36.8 Å². The molecule has 1 aromatic carbocycles. The molecule has 0 unspecified atom stereocenters. The van der Waals surface area contributed by atoms with Crippen molar-refractivity contribution < 1.29 is 5.11 Å². The fraction of sp³-hybridized carbons (Fsp3) is 0.375. The summed E-state index contributed by atoms with van der Waals surface area (Å²) in [6, 6.07) is 9.48. The summed E-state index contributed by atoms with van der Waals surface area (Å²) in [7, 11) is 0. The van der Waals surface area contributed by atoms with Gasteiger partial charge in [-0.15, -0.1) is 0 Å². The molecule has 110 valence electrons. The van der Waals surface area contributed by atoms with Gasteiger partial charge in [0.1, 0.15) is 11.5 Å². The van der Waals surface area contributed by atoms with Crippen molar-refractivity contribution in [3.05, 3.63) is 46.4 Å². The number of nitrogens with zero attached hydrogens (tertiary/aromatic N) is 2. The molecular formula is C16H19N3O2. The number of hydrogen-bond acceptors (Lipinski definition) is 4. The molecule has 2 aromatic rings. The highest BCUT2D eigenvalue weighted by atomic mass is 16.3. The average Bonchev–Trinajstić information content (AvgIpc) is 2.53. The van der Waals surface area contributed by atoms with Crippen molar-refractivity contribution in [1.82, 2.24) is 14.9 Å². The van der Waals surface area contributed by atoms with Crippen molar-refractivity contribution in [2.45, 2.75) is 25.8 Å². The number of piperidine rings is 1. The lowest BCUT2D eigenvalue weighted by atomic mass is 10.1. The van der Waals surface area contributed by atoms with E-state index in [1.165, 1.54) is 6.42 Å². The van der Waals surface area contributed by atoms with Gasteiger partial charge in [0.2, 0.25) is 5.75 Å². The van der Waals surface area contributed by atoms with E-state index in [2.05, 4.69) is 14.9 Å². The minimum atomic E-state index is -0.476. The Balaban J connectivity index is 1.92. The summed E-state index contributed by atoms with van der Waals surface area (Å²) in [6.07, 6.45) is 3.57. The van der Waals surface area contributed by atoms with E-state index in [-0.39, 0.29) is 5.75 Å². The molecule has 2 N–H and O–H groups in total. The van der Waals surface area contributed by atoms with E-state index in [4.69, 9.17) is 0 Å². The molecule has 1 aliphatic heterocycles. The molecule has 0 aliphatic carbocycles. The van der Waals surface area contributed by atoms with Crippen molar-refractivity contribution >= 4 is 0 Å². The Labute approximate surface area is 123 Å². The largest absolute Gasteiger partial charge is 0.502 e. The summed E-state index contributed by atoms with van der Waals surface area (Å²) < 4.78 is 0. The molecule has 1 aliphatic rings. The molecule has 0 radical (unpaired) electrons. The van der Waals surface area contributed by atoms with Gasteiger partial charge in [0.15, 0.2) is 0 Å². The Morgan fingerprint density at radius 2 is 1.86 bits per heavy atom. The number of aromatic hydroxyl groups is 1. The van der Waals surface area contributed by atoms with Crippen LogP contribution in [0.15, 0.2) is 35.1 Å². The van der Waals surface area contributed by atoms with Gasteiger partial charge in [-0.05, 0) is 25.9 Å². The Kier molecular flexibility index (Phi) is 4.01. The third kappa shape index (κ3) is 3.13. The fourth-order valence-corrected chi connectivity index (χ4v) is 2.69. The van der Waals surface area contributed by atoms with Gasteiger partial charge in [0.25, 0.3) is 5.56 Å². The monoisotopic (exact) mass is 285 g/mol. The SMILES string of the molecule is O=c1[nH]c(-c2ccccc2)nc(CN2CCCCC2)c1O. The fourth-order valence-electron chi connectivity index (χ4n) is 2.69. The third-order valence-electron chi connectivity index (χ3n) is 3.84. The second-order valence-electron chi connectivity index (χ2n) is 5.41. The smallest absolute Gasteiger partial charge is 0.293 e. The molecule has 21 heavy (non-hydrogen) atoms. The van der Waals surface area contributed by atoms with Gasteiger partial charge in [-0.2, -0.15) is 0 Å². The van der Waals surface area contributed by atoms with Gasteiger partial charge in [0, 0.05) is 12.1 Å².